The monoisotopic (exact) mass is 203 g/mol. The van der Waals surface area contributed by atoms with Crippen molar-refractivity contribution in [1.29, 1.82) is 0 Å². The van der Waals surface area contributed by atoms with Crippen molar-refractivity contribution in [1.82, 2.24) is 0 Å². The third-order valence-corrected chi connectivity index (χ3v) is 2.53. The van der Waals surface area contributed by atoms with Crippen molar-refractivity contribution >= 4 is 27.0 Å². The van der Waals surface area contributed by atoms with E-state index < -0.39 is 9.85 Å². The Balaban J connectivity index is 3.39. The minimum absolute atomic E-state index is 0.0116. The first-order valence-electron chi connectivity index (χ1n) is 3.12. The van der Waals surface area contributed by atoms with E-state index in [-0.39, 0.29) is 21.3 Å². The van der Waals surface area contributed by atoms with Crippen LogP contribution in [0.2, 0.25) is 0 Å². The second-order valence-corrected chi connectivity index (χ2v) is 3.29. The summed E-state index contributed by atoms with van der Waals surface area (Å²) in [6, 6.07) is 0. The van der Waals surface area contributed by atoms with Gasteiger partial charge in [-0.2, -0.15) is 0 Å². The molecule has 7 nitrogen and oxygen atoms in total. The molecule has 0 aliphatic rings. The number of nitrogens with zero attached hydrogens (tertiary/aromatic N) is 2. The topological polar surface area (TPSA) is 112 Å². The lowest BCUT2D eigenvalue weighted by Gasteiger charge is -1.88. The van der Waals surface area contributed by atoms with Crippen molar-refractivity contribution < 1.29 is 9.85 Å². The Morgan fingerprint density at radius 1 is 1.31 bits per heavy atom. The molecular weight excluding hydrogens is 198 g/mol. The van der Waals surface area contributed by atoms with Gasteiger partial charge in [0.2, 0.25) is 0 Å². The maximum absolute atomic E-state index is 10.4. The van der Waals surface area contributed by atoms with E-state index in [1.807, 2.05) is 0 Å². The summed E-state index contributed by atoms with van der Waals surface area (Å²) in [4.78, 5) is 19.3. The molecule has 13 heavy (non-hydrogen) atoms. The Labute approximate surface area is 76.1 Å². The molecular formula is C5H5N3O4S. The second kappa shape index (κ2) is 2.98. The normalized spacial score (nSPS) is 9.92. The van der Waals surface area contributed by atoms with Crippen molar-refractivity contribution in [2.75, 3.05) is 5.73 Å². The zero-order chi connectivity index (χ0) is 10.2. The molecule has 0 saturated heterocycles. The van der Waals surface area contributed by atoms with E-state index >= 15 is 0 Å². The van der Waals surface area contributed by atoms with E-state index in [1.54, 1.807) is 0 Å². The van der Waals surface area contributed by atoms with Crippen molar-refractivity contribution in [2.24, 2.45) is 0 Å². The number of hydrogen-bond donors (Lipinski definition) is 1. The van der Waals surface area contributed by atoms with Gasteiger partial charge in [-0.05, 0) is 18.3 Å². The zero-order valence-electron chi connectivity index (χ0n) is 6.51. The number of anilines is 1. The van der Waals surface area contributed by atoms with E-state index in [1.165, 1.54) is 6.92 Å². The van der Waals surface area contributed by atoms with Crippen LogP contribution in [-0.2, 0) is 0 Å². The molecule has 0 aliphatic heterocycles. The zero-order valence-corrected chi connectivity index (χ0v) is 7.33. The molecule has 0 aromatic carbocycles. The Bertz CT molecular complexity index is 385. The van der Waals surface area contributed by atoms with Gasteiger partial charge in [0.05, 0.1) is 9.85 Å². The lowest BCUT2D eigenvalue weighted by atomic mass is 10.3. The van der Waals surface area contributed by atoms with Gasteiger partial charge in [-0.1, -0.05) is 0 Å². The average Bonchev–Trinajstić information content (AvgIpc) is 2.26. The molecule has 0 unspecified atom stereocenters. The van der Waals surface area contributed by atoms with E-state index in [0.717, 1.165) is 0 Å². The van der Waals surface area contributed by atoms with Crippen molar-refractivity contribution in [3.63, 3.8) is 0 Å². The van der Waals surface area contributed by atoms with E-state index in [4.69, 9.17) is 5.73 Å². The smallest absolute Gasteiger partial charge is 0.336 e. The average molecular weight is 203 g/mol. The first-order chi connectivity index (χ1) is 5.95. The molecule has 0 radical (unpaired) electrons. The predicted octanol–water partition coefficient (Wildman–Crippen LogP) is 1.46. The summed E-state index contributed by atoms with van der Waals surface area (Å²) in [6.07, 6.45) is 0. The Kier molecular flexibility index (Phi) is 2.15. The molecule has 0 saturated carbocycles. The van der Waals surface area contributed by atoms with Crippen LogP contribution in [0.1, 0.15) is 5.56 Å². The molecule has 1 aromatic rings. The molecule has 8 heteroatoms. The quantitative estimate of drug-likeness (QED) is 0.577. The standard InChI is InChI=1S/C5H5N3O4S/c1-2-3(7(9)10)4(6)13-5(2)8(11)12/h6H2,1H3. The highest BCUT2D eigenvalue weighted by Gasteiger charge is 2.29. The molecule has 0 fully saturated rings. The van der Waals surface area contributed by atoms with Crippen LogP contribution in [0.15, 0.2) is 0 Å². The van der Waals surface area contributed by atoms with Crippen LogP contribution in [0.25, 0.3) is 0 Å². The summed E-state index contributed by atoms with van der Waals surface area (Å²) in [7, 11) is 0. The SMILES string of the molecule is Cc1c([N+](=O)[O-])sc(N)c1[N+](=O)[O-]. The van der Waals surface area contributed by atoms with Gasteiger partial charge in [0.25, 0.3) is 0 Å². The molecule has 2 N–H and O–H groups in total. The Morgan fingerprint density at radius 2 is 1.85 bits per heavy atom. The largest absolute Gasteiger partial charge is 0.385 e. The molecule has 0 amide bonds. The summed E-state index contributed by atoms with van der Waals surface area (Å²) in [5, 5.41) is 20.3. The molecule has 0 bridgehead atoms. The van der Waals surface area contributed by atoms with E-state index in [0.29, 0.717) is 11.3 Å². The van der Waals surface area contributed by atoms with Gasteiger partial charge in [0, 0.05) is 0 Å². The highest BCUT2D eigenvalue weighted by atomic mass is 32.1. The summed E-state index contributed by atoms with van der Waals surface area (Å²) in [5.74, 6) is 0. The number of nitro groups is 2. The van der Waals surface area contributed by atoms with Crippen LogP contribution < -0.4 is 5.73 Å². The number of hydrogen-bond acceptors (Lipinski definition) is 6. The van der Waals surface area contributed by atoms with Gasteiger partial charge in [-0.3, -0.25) is 20.2 Å². The van der Waals surface area contributed by atoms with E-state index in [2.05, 4.69) is 0 Å². The highest BCUT2D eigenvalue weighted by Crippen LogP contribution is 2.41. The molecule has 1 heterocycles. The van der Waals surface area contributed by atoms with Crippen molar-refractivity contribution in [2.45, 2.75) is 6.92 Å². The van der Waals surface area contributed by atoms with Crippen LogP contribution in [0, 0.1) is 27.2 Å². The fraction of sp³-hybridized carbons (Fsp3) is 0.200. The summed E-state index contributed by atoms with van der Waals surface area (Å²) in [5.41, 5.74) is 4.90. The minimum Gasteiger partial charge on any atom is -0.385 e. The third-order valence-electron chi connectivity index (χ3n) is 1.46. The van der Waals surface area contributed by atoms with Crippen LogP contribution in [0.4, 0.5) is 15.7 Å². The Hall–Kier alpha value is -1.70. The number of thiophene rings is 1. The van der Waals surface area contributed by atoms with Gasteiger partial charge in [0.15, 0.2) is 5.00 Å². The van der Waals surface area contributed by atoms with Crippen LogP contribution >= 0.6 is 11.3 Å². The fourth-order valence-electron chi connectivity index (χ4n) is 0.916. The fourth-order valence-corrected chi connectivity index (χ4v) is 1.77. The maximum atomic E-state index is 10.4. The number of nitrogen functional groups attached to an aromatic ring is 1. The summed E-state index contributed by atoms with van der Waals surface area (Å²) >= 11 is 0.614. The lowest BCUT2D eigenvalue weighted by Crippen LogP contribution is -1.93. The van der Waals surface area contributed by atoms with Crippen LogP contribution in [-0.4, -0.2) is 9.85 Å². The van der Waals surface area contributed by atoms with Crippen LogP contribution in [0.3, 0.4) is 0 Å². The van der Waals surface area contributed by atoms with E-state index in [9.17, 15) is 20.2 Å². The van der Waals surface area contributed by atoms with Crippen LogP contribution in [0.5, 0.6) is 0 Å². The molecule has 0 spiro atoms. The lowest BCUT2D eigenvalue weighted by molar-refractivity contribution is -0.390. The van der Waals surface area contributed by atoms with Gasteiger partial charge in [-0.25, -0.2) is 0 Å². The number of nitrogens with two attached hydrogens (primary N) is 1. The molecule has 70 valence electrons. The predicted molar refractivity (Wildman–Crippen MR) is 46.8 cm³/mol. The molecule has 1 rings (SSSR count). The van der Waals surface area contributed by atoms with Gasteiger partial charge in [0.1, 0.15) is 5.56 Å². The number of rotatable bonds is 2. The Morgan fingerprint density at radius 3 is 2.08 bits per heavy atom. The highest BCUT2D eigenvalue weighted by molar-refractivity contribution is 7.19. The molecule has 0 aliphatic carbocycles. The summed E-state index contributed by atoms with van der Waals surface area (Å²) in [6.45, 7) is 1.31. The maximum Gasteiger partial charge on any atom is 0.336 e. The molecule has 1 aromatic heterocycles. The van der Waals surface area contributed by atoms with Gasteiger partial charge in [-0.15, -0.1) is 0 Å². The second-order valence-electron chi connectivity index (χ2n) is 2.26. The summed E-state index contributed by atoms with van der Waals surface area (Å²) < 4.78 is 0. The first-order valence-corrected chi connectivity index (χ1v) is 3.94. The molecule has 0 atom stereocenters. The van der Waals surface area contributed by atoms with Gasteiger partial charge < -0.3 is 5.73 Å². The third kappa shape index (κ3) is 1.43. The van der Waals surface area contributed by atoms with Crippen molar-refractivity contribution in [3.05, 3.63) is 25.8 Å². The van der Waals surface area contributed by atoms with Crippen molar-refractivity contribution in [3.8, 4) is 0 Å². The first kappa shape index (κ1) is 9.39. The van der Waals surface area contributed by atoms with Gasteiger partial charge >= 0.3 is 10.7 Å². The minimum atomic E-state index is -0.714.